The number of pyridine rings is 1. The number of ether oxygens (including phenoxy) is 3. The molecule has 4 aromatic carbocycles. The lowest BCUT2D eigenvalue weighted by Crippen LogP contribution is -2.47. The molecule has 1 fully saturated rings. The second kappa shape index (κ2) is 18.3. The Morgan fingerprint density at radius 1 is 0.830 bits per heavy atom. The summed E-state index contributed by atoms with van der Waals surface area (Å²) in [5.74, 6) is 2.88. The Hall–Kier alpha value is -4.82. The lowest BCUT2D eigenvalue weighted by Gasteiger charge is -2.34. The fraction of sp³-hybridized carbons (Fsp3) is 0.273. The van der Waals surface area contributed by atoms with E-state index in [-0.39, 0.29) is 5.91 Å². The van der Waals surface area contributed by atoms with Crippen molar-refractivity contribution in [3.63, 3.8) is 0 Å². The smallest absolute Gasteiger partial charge is 0.246 e. The zero-order valence-corrected chi connectivity index (χ0v) is 31.9. The van der Waals surface area contributed by atoms with Crippen LogP contribution >= 0.6 is 23.2 Å². The van der Waals surface area contributed by atoms with Crippen LogP contribution in [0.4, 0.5) is 0 Å². The van der Waals surface area contributed by atoms with Gasteiger partial charge in [0, 0.05) is 61.9 Å². The molecule has 5 aromatic rings. The molecule has 0 radical (unpaired) electrons. The molecule has 1 aromatic heterocycles. The van der Waals surface area contributed by atoms with E-state index in [0.717, 1.165) is 48.5 Å². The van der Waals surface area contributed by atoms with Crippen LogP contribution in [0.5, 0.6) is 23.1 Å². The van der Waals surface area contributed by atoms with Gasteiger partial charge in [-0.3, -0.25) is 9.69 Å². The number of aromatic nitrogens is 1. The first-order chi connectivity index (χ1) is 25.7. The SMILES string of the molecule is Cc1cc(Oc2ccc(OCc3ccccc3Cl)cn2)c(Cl)cc1/C=C/C(=O)N1CCN(Cc2ccc(CCOc3ccc(C(C)C)cc3)cc2)CC1. The largest absolute Gasteiger partial charge is 0.493 e. The standard InChI is InChI=1S/C44H45Cl2N3O4/c1-31(2)35-12-15-38(16-13-35)51-25-20-33-8-10-34(11-9-33)29-48-21-23-49(24-22-48)44(50)19-14-36-27-41(46)42(26-32(36)3)53-43-18-17-39(28-47-43)52-30-37-6-4-5-7-40(37)45/h4-19,26-28,31H,20-25,29-30H2,1-3H3/b19-14+. The first-order valence-electron chi connectivity index (χ1n) is 18.0. The van der Waals surface area contributed by atoms with Crippen LogP contribution < -0.4 is 14.2 Å². The molecule has 0 unspecified atom stereocenters. The van der Waals surface area contributed by atoms with Crippen molar-refractivity contribution >= 4 is 35.2 Å². The molecule has 274 valence electrons. The molecule has 53 heavy (non-hydrogen) atoms. The Morgan fingerprint density at radius 2 is 1.55 bits per heavy atom. The van der Waals surface area contributed by atoms with Gasteiger partial charge in [-0.25, -0.2) is 4.98 Å². The van der Waals surface area contributed by atoms with Crippen LogP contribution in [0.25, 0.3) is 6.08 Å². The molecule has 0 spiro atoms. The van der Waals surface area contributed by atoms with Crippen molar-refractivity contribution in [2.24, 2.45) is 0 Å². The van der Waals surface area contributed by atoms with E-state index >= 15 is 0 Å². The van der Waals surface area contributed by atoms with Crippen molar-refractivity contribution in [1.82, 2.24) is 14.8 Å². The summed E-state index contributed by atoms with van der Waals surface area (Å²) in [7, 11) is 0. The highest BCUT2D eigenvalue weighted by Gasteiger charge is 2.20. The molecule has 0 saturated carbocycles. The average Bonchev–Trinajstić information content (AvgIpc) is 3.17. The highest BCUT2D eigenvalue weighted by atomic mass is 35.5. The third-order valence-electron chi connectivity index (χ3n) is 9.32. The quantitative estimate of drug-likeness (QED) is 0.105. The van der Waals surface area contributed by atoms with Gasteiger partial charge in [-0.2, -0.15) is 0 Å². The number of hydrogen-bond acceptors (Lipinski definition) is 6. The molecule has 1 amide bonds. The monoisotopic (exact) mass is 749 g/mol. The van der Waals surface area contributed by atoms with E-state index in [1.54, 1.807) is 30.5 Å². The molecule has 0 bridgehead atoms. The van der Waals surface area contributed by atoms with Crippen LogP contribution in [-0.4, -0.2) is 53.5 Å². The van der Waals surface area contributed by atoms with Crippen molar-refractivity contribution in [3.05, 3.63) is 153 Å². The molecule has 6 rings (SSSR count). The number of halogens is 2. The van der Waals surface area contributed by atoms with Gasteiger partial charge in [0.05, 0.1) is 17.8 Å². The Morgan fingerprint density at radius 3 is 2.25 bits per heavy atom. The number of hydrogen-bond donors (Lipinski definition) is 0. The van der Waals surface area contributed by atoms with Gasteiger partial charge in [0.2, 0.25) is 11.8 Å². The average molecular weight is 751 g/mol. The van der Waals surface area contributed by atoms with Crippen molar-refractivity contribution in [2.45, 2.75) is 46.3 Å². The van der Waals surface area contributed by atoms with Crippen LogP contribution in [0.15, 0.2) is 109 Å². The summed E-state index contributed by atoms with van der Waals surface area (Å²) in [5.41, 5.74) is 6.51. The molecule has 7 nitrogen and oxygen atoms in total. The number of carbonyl (C=O) groups is 1. The molecular weight excluding hydrogens is 705 g/mol. The lowest BCUT2D eigenvalue weighted by molar-refractivity contribution is -0.127. The van der Waals surface area contributed by atoms with E-state index in [2.05, 4.69) is 72.3 Å². The van der Waals surface area contributed by atoms with Crippen LogP contribution in [0, 0.1) is 6.92 Å². The van der Waals surface area contributed by atoms with Gasteiger partial charge in [0.15, 0.2) is 0 Å². The molecule has 1 aliphatic heterocycles. The molecule has 0 aliphatic carbocycles. The first-order valence-corrected chi connectivity index (χ1v) is 18.8. The van der Waals surface area contributed by atoms with Gasteiger partial charge in [0.1, 0.15) is 23.9 Å². The summed E-state index contributed by atoms with van der Waals surface area (Å²) < 4.78 is 17.7. The Bertz CT molecular complexity index is 1990. The van der Waals surface area contributed by atoms with E-state index < -0.39 is 0 Å². The third kappa shape index (κ3) is 10.9. The van der Waals surface area contributed by atoms with Crippen LogP contribution in [0.2, 0.25) is 10.0 Å². The van der Waals surface area contributed by atoms with Crippen molar-refractivity contribution < 1.29 is 19.0 Å². The van der Waals surface area contributed by atoms with Crippen LogP contribution in [0.3, 0.4) is 0 Å². The summed E-state index contributed by atoms with van der Waals surface area (Å²) in [6, 6.07) is 31.9. The van der Waals surface area contributed by atoms with Gasteiger partial charge < -0.3 is 19.1 Å². The number of piperazine rings is 1. The zero-order chi connectivity index (χ0) is 37.2. The van der Waals surface area contributed by atoms with Crippen molar-refractivity contribution in [1.29, 1.82) is 0 Å². The topological polar surface area (TPSA) is 64.1 Å². The molecule has 1 saturated heterocycles. The van der Waals surface area contributed by atoms with E-state index in [1.807, 2.05) is 48.2 Å². The number of aryl methyl sites for hydroxylation is 1. The Kier molecular flexibility index (Phi) is 13.1. The molecule has 9 heteroatoms. The maximum atomic E-state index is 13.1. The lowest BCUT2D eigenvalue weighted by atomic mass is 10.0. The van der Waals surface area contributed by atoms with E-state index in [0.29, 0.717) is 59.6 Å². The minimum Gasteiger partial charge on any atom is -0.493 e. The highest BCUT2D eigenvalue weighted by molar-refractivity contribution is 6.32. The highest BCUT2D eigenvalue weighted by Crippen LogP contribution is 2.32. The van der Waals surface area contributed by atoms with Crippen molar-refractivity contribution in [2.75, 3.05) is 32.8 Å². The number of amides is 1. The second-order valence-electron chi connectivity index (χ2n) is 13.5. The van der Waals surface area contributed by atoms with E-state index in [9.17, 15) is 4.79 Å². The van der Waals surface area contributed by atoms with Crippen LogP contribution in [-0.2, 0) is 24.4 Å². The molecule has 2 heterocycles. The maximum Gasteiger partial charge on any atom is 0.246 e. The molecular formula is C44H45Cl2N3O4. The predicted octanol–water partition coefficient (Wildman–Crippen LogP) is 10.2. The third-order valence-corrected chi connectivity index (χ3v) is 9.99. The minimum absolute atomic E-state index is 0.0102. The van der Waals surface area contributed by atoms with Gasteiger partial charge in [0.25, 0.3) is 0 Å². The normalized spacial score (nSPS) is 13.4. The van der Waals surface area contributed by atoms with Gasteiger partial charge in [-0.1, -0.05) is 91.6 Å². The molecule has 0 atom stereocenters. The molecule has 1 aliphatic rings. The van der Waals surface area contributed by atoms with Gasteiger partial charge >= 0.3 is 0 Å². The zero-order valence-electron chi connectivity index (χ0n) is 30.4. The summed E-state index contributed by atoms with van der Waals surface area (Å²) >= 11 is 12.8. The second-order valence-corrected chi connectivity index (χ2v) is 14.3. The fourth-order valence-corrected chi connectivity index (χ4v) is 6.43. The van der Waals surface area contributed by atoms with Gasteiger partial charge in [-0.05, 0) is 83.1 Å². The minimum atomic E-state index is -0.0102. The maximum absolute atomic E-state index is 13.1. The van der Waals surface area contributed by atoms with E-state index in [1.165, 1.54) is 16.7 Å². The number of nitrogens with zero attached hydrogens (tertiary/aromatic N) is 3. The number of carbonyl (C=O) groups excluding carboxylic acids is 1. The predicted molar refractivity (Wildman–Crippen MR) is 213 cm³/mol. The van der Waals surface area contributed by atoms with E-state index in [4.69, 9.17) is 37.4 Å². The summed E-state index contributed by atoms with van der Waals surface area (Å²) in [5, 5.41) is 1.08. The summed E-state index contributed by atoms with van der Waals surface area (Å²) in [6.45, 7) is 11.2. The summed E-state index contributed by atoms with van der Waals surface area (Å²) in [6.07, 6.45) is 5.90. The van der Waals surface area contributed by atoms with Crippen molar-refractivity contribution in [3.8, 4) is 23.1 Å². The Balaban J connectivity index is 0.926. The first kappa shape index (κ1) is 37.9. The Labute approximate surface area is 322 Å². The summed E-state index contributed by atoms with van der Waals surface area (Å²) in [4.78, 5) is 21.7. The van der Waals surface area contributed by atoms with Gasteiger partial charge in [-0.15, -0.1) is 0 Å². The molecule has 0 N–H and O–H groups in total. The number of benzene rings is 4. The van der Waals surface area contributed by atoms with Crippen LogP contribution in [0.1, 0.15) is 53.1 Å². The fourth-order valence-electron chi connectivity index (χ4n) is 6.03. The number of rotatable bonds is 14.